The van der Waals surface area contributed by atoms with Gasteiger partial charge in [-0.05, 0) is 51.5 Å². The summed E-state index contributed by atoms with van der Waals surface area (Å²) < 4.78 is 33.5. The van der Waals surface area contributed by atoms with Crippen molar-refractivity contribution < 1.29 is 12.9 Å². The molecule has 25 heavy (non-hydrogen) atoms. The highest BCUT2D eigenvalue weighted by Gasteiger charge is 2.20. The Morgan fingerprint density at radius 3 is 2.44 bits per heavy atom. The smallest absolute Gasteiger partial charge is 0.263 e. The zero-order valence-electron chi connectivity index (χ0n) is 14.5. The van der Waals surface area contributed by atoms with Crippen LogP contribution in [0.1, 0.15) is 22.5 Å². The molecule has 0 aliphatic rings. The first-order valence-electron chi connectivity index (χ1n) is 7.78. The molecule has 6 nitrogen and oxygen atoms in total. The van der Waals surface area contributed by atoms with Gasteiger partial charge in [0.1, 0.15) is 5.82 Å². The van der Waals surface area contributed by atoms with Gasteiger partial charge in [-0.2, -0.15) is 0 Å². The molecule has 0 saturated heterocycles. The van der Waals surface area contributed by atoms with Crippen molar-refractivity contribution in [3.8, 4) is 11.3 Å². The Kier molecular flexibility index (Phi) is 4.34. The van der Waals surface area contributed by atoms with Crippen LogP contribution in [0.4, 0.5) is 5.82 Å². The van der Waals surface area contributed by atoms with Crippen LogP contribution >= 0.6 is 0 Å². The van der Waals surface area contributed by atoms with Gasteiger partial charge in [0.05, 0.1) is 10.6 Å². The maximum atomic E-state index is 12.8. The lowest BCUT2D eigenvalue weighted by Gasteiger charge is -2.11. The number of nitrogens with zero attached hydrogens (tertiary/aromatic N) is 2. The molecule has 0 spiro atoms. The third kappa shape index (κ3) is 3.41. The van der Waals surface area contributed by atoms with E-state index in [-0.39, 0.29) is 10.7 Å². The van der Waals surface area contributed by atoms with Crippen molar-refractivity contribution in [2.45, 2.75) is 32.6 Å². The maximum absolute atomic E-state index is 12.8. The molecule has 1 aromatic carbocycles. The van der Waals surface area contributed by atoms with Crippen molar-refractivity contribution in [2.24, 2.45) is 0 Å². The molecular formula is C18H19N3O3S. The van der Waals surface area contributed by atoms with Gasteiger partial charge in [0, 0.05) is 16.8 Å². The number of hydrogen-bond donors (Lipinski definition) is 1. The van der Waals surface area contributed by atoms with Crippen LogP contribution in [0, 0.1) is 27.7 Å². The van der Waals surface area contributed by atoms with Gasteiger partial charge in [-0.3, -0.25) is 4.72 Å². The number of benzene rings is 1. The molecule has 0 aliphatic heterocycles. The molecule has 1 N–H and O–H groups in total. The zero-order valence-corrected chi connectivity index (χ0v) is 15.3. The number of anilines is 1. The molecule has 0 saturated carbocycles. The fourth-order valence-electron chi connectivity index (χ4n) is 2.51. The number of hydrogen-bond acceptors (Lipinski definition) is 5. The normalized spacial score (nSPS) is 11.5. The highest BCUT2D eigenvalue weighted by molar-refractivity contribution is 7.92. The number of pyridine rings is 1. The van der Waals surface area contributed by atoms with Gasteiger partial charge in [-0.1, -0.05) is 23.4 Å². The number of sulfonamides is 1. The lowest BCUT2D eigenvalue weighted by Crippen LogP contribution is -2.15. The van der Waals surface area contributed by atoms with Crippen LogP contribution in [0.15, 0.2) is 45.8 Å². The summed E-state index contributed by atoms with van der Waals surface area (Å²) in [7, 11) is -3.77. The standard InChI is InChI=1S/C18H19N3O3S/c1-11-8-9-15(18-13(3)14(4)20-24-18)10-16(11)25(22,23)21-17-7-5-6-12(2)19-17/h5-10H,1-4H3,(H,19,21). The van der Waals surface area contributed by atoms with Crippen LogP contribution in [0.2, 0.25) is 0 Å². The molecule has 0 unspecified atom stereocenters. The highest BCUT2D eigenvalue weighted by Crippen LogP contribution is 2.29. The molecule has 0 bridgehead atoms. The van der Waals surface area contributed by atoms with Crippen LogP contribution in [0.25, 0.3) is 11.3 Å². The van der Waals surface area contributed by atoms with Gasteiger partial charge >= 0.3 is 0 Å². The lowest BCUT2D eigenvalue weighted by molar-refractivity contribution is 0.427. The average molecular weight is 357 g/mol. The summed E-state index contributed by atoms with van der Waals surface area (Å²) in [5, 5.41) is 3.93. The first-order chi connectivity index (χ1) is 11.8. The third-order valence-corrected chi connectivity index (χ3v) is 5.52. The van der Waals surface area contributed by atoms with Gasteiger partial charge in [-0.15, -0.1) is 0 Å². The maximum Gasteiger partial charge on any atom is 0.263 e. The van der Waals surface area contributed by atoms with Crippen LogP contribution in [-0.4, -0.2) is 18.6 Å². The second-order valence-corrected chi connectivity index (χ2v) is 7.62. The molecule has 3 rings (SSSR count). The van der Waals surface area contributed by atoms with E-state index in [2.05, 4.69) is 14.9 Å². The van der Waals surface area contributed by atoms with Crippen molar-refractivity contribution in [1.29, 1.82) is 0 Å². The monoisotopic (exact) mass is 357 g/mol. The molecule has 0 amide bonds. The molecule has 0 radical (unpaired) electrons. The predicted octanol–water partition coefficient (Wildman–Crippen LogP) is 3.77. The minimum atomic E-state index is -3.77. The summed E-state index contributed by atoms with van der Waals surface area (Å²) in [5.74, 6) is 0.860. The van der Waals surface area contributed by atoms with Gasteiger partial charge in [0.2, 0.25) is 0 Å². The number of nitrogens with one attached hydrogen (secondary N) is 1. The summed E-state index contributed by atoms with van der Waals surface area (Å²) in [4.78, 5) is 4.37. The first kappa shape index (κ1) is 17.2. The van der Waals surface area contributed by atoms with Gasteiger partial charge in [0.25, 0.3) is 10.0 Å². The van der Waals surface area contributed by atoms with E-state index in [1.807, 2.05) is 19.9 Å². The first-order valence-corrected chi connectivity index (χ1v) is 9.26. The van der Waals surface area contributed by atoms with E-state index >= 15 is 0 Å². The molecule has 0 aliphatic carbocycles. The van der Waals surface area contributed by atoms with Crippen molar-refractivity contribution in [3.05, 3.63) is 58.9 Å². The Bertz CT molecular complexity index is 1040. The summed E-state index contributed by atoms with van der Waals surface area (Å²) in [5.41, 5.74) is 3.71. The second kappa shape index (κ2) is 6.33. The Morgan fingerprint density at radius 1 is 1.04 bits per heavy atom. The Labute approximate surface area is 147 Å². The molecule has 3 aromatic rings. The Balaban J connectivity index is 2.04. The van der Waals surface area contributed by atoms with E-state index in [1.165, 1.54) is 0 Å². The minimum Gasteiger partial charge on any atom is -0.356 e. The van der Waals surface area contributed by atoms with E-state index in [0.29, 0.717) is 16.9 Å². The van der Waals surface area contributed by atoms with E-state index in [4.69, 9.17) is 4.52 Å². The fraction of sp³-hybridized carbons (Fsp3) is 0.222. The molecule has 0 fully saturated rings. The van der Waals surface area contributed by atoms with E-state index in [1.54, 1.807) is 44.2 Å². The minimum absolute atomic E-state index is 0.182. The summed E-state index contributed by atoms with van der Waals surface area (Å²) in [6, 6.07) is 10.4. The number of rotatable bonds is 4. The molecule has 2 aromatic heterocycles. The third-order valence-electron chi connectivity index (χ3n) is 4.02. The van der Waals surface area contributed by atoms with Crippen LogP contribution < -0.4 is 4.72 Å². The largest absolute Gasteiger partial charge is 0.356 e. The highest BCUT2D eigenvalue weighted by atomic mass is 32.2. The van der Waals surface area contributed by atoms with Crippen LogP contribution in [-0.2, 0) is 10.0 Å². The zero-order chi connectivity index (χ0) is 18.2. The van der Waals surface area contributed by atoms with Crippen molar-refractivity contribution in [3.63, 3.8) is 0 Å². The molecular weight excluding hydrogens is 338 g/mol. The predicted molar refractivity (Wildman–Crippen MR) is 95.9 cm³/mol. The topological polar surface area (TPSA) is 85.1 Å². The molecule has 7 heteroatoms. The summed E-state index contributed by atoms with van der Waals surface area (Å²) in [6.45, 7) is 7.29. The fourth-order valence-corrected chi connectivity index (χ4v) is 3.78. The van der Waals surface area contributed by atoms with Gasteiger partial charge in [0.15, 0.2) is 5.76 Å². The lowest BCUT2D eigenvalue weighted by atomic mass is 10.1. The number of aryl methyl sites for hydroxylation is 3. The Morgan fingerprint density at radius 2 is 1.80 bits per heavy atom. The molecule has 130 valence electrons. The SMILES string of the molecule is Cc1cccc(NS(=O)(=O)c2cc(-c3onc(C)c3C)ccc2C)n1. The molecule has 2 heterocycles. The van der Waals surface area contributed by atoms with E-state index in [0.717, 1.165) is 17.0 Å². The summed E-state index contributed by atoms with van der Waals surface area (Å²) in [6.07, 6.45) is 0. The average Bonchev–Trinajstić information content (AvgIpc) is 2.87. The van der Waals surface area contributed by atoms with Gasteiger partial charge in [-0.25, -0.2) is 13.4 Å². The van der Waals surface area contributed by atoms with Crippen molar-refractivity contribution in [2.75, 3.05) is 4.72 Å². The van der Waals surface area contributed by atoms with Crippen LogP contribution in [0.5, 0.6) is 0 Å². The van der Waals surface area contributed by atoms with E-state index in [9.17, 15) is 8.42 Å². The van der Waals surface area contributed by atoms with E-state index < -0.39 is 10.0 Å². The molecule has 0 atom stereocenters. The quantitative estimate of drug-likeness (QED) is 0.768. The number of aromatic nitrogens is 2. The van der Waals surface area contributed by atoms with Crippen LogP contribution in [0.3, 0.4) is 0 Å². The summed E-state index contributed by atoms with van der Waals surface area (Å²) >= 11 is 0. The Hall–Kier alpha value is -2.67. The van der Waals surface area contributed by atoms with Crippen molar-refractivity contribution in [1.82, 2.24) is 10.1 Å². The second-order valence-electron chi connectivity index (χ2n) is 5.97. The van der Waals surface area contributed by atoms with Crippen molar-refractivity contribution >= 4 is 15.8 Å². The van der Waals surface area contributed by atoms with Gasteiger partial charge < -0.3 is 4.52 Å².